The molecule has 0 radical (unpaired) electrons. The Hall–Kier alpha value is -2.61. The van der Waals surface area contributed by atoms with Gasteiger partial charge in [-0.2, -0.15) is 0 Å². The van der Waals surface area contributed by atoms with Gasteiger partial charge in [0.05, 0.1) is 25.8 Å². The van der Waals surface area contributed by atoms with Crippen LogP contribution in [0.25, 0.3) is 0 Å². The van der Waals surface area contributed by atoms with Crippen molar-refractivity contribution in [3.8, 4) is 11.5 Å². The predicted octanol–water partition coefficient (Wildman–Crippen LogP) is 3.81. The fourth-order valence-corrected chi connectivity index (χ4v) is 5.14. The Bertz CT molecular complexity index is 917. The number of amides is 2. The fraction of sp³-hybridized carbons (Fsp3) is 0.500. The molecule has 7 nitrogen and oxygen atoms in total. The number of carbonyl (C=O) groups excluding carboxylic acids is 2. The molecule has 2 amide bonds. The van der Waals surface area contributed by atoms with Crippen LogP contribution in [0.4, 0.5) is 10.8 Å². The van der Waals surface area contributed by atoms with Crippen molar-refractivity contribution >= 4 is 34.0 Å². The van der Waals surface area contributed by atoms with Gasteiger partial charge in [0.15, 0.2) is 16.6 Å². The fourth-order valence-electron chi connectivity index (χ4n) is 4.09. The Balaban J connectivity index is 1.44. The molecule has 2 aliphatic rings. The number of rotatable bonds is 5. The van der Waals surface area contributed by atoms with E-state index in [1.165, 1.54) is 24.1 Å². The second kappa shape index (κ2) is 9.04. The van der Waals surface area contributed by atoms with E-state index in [4.69, 9.17) is 9.47 Å². The molecule has 1 aromatic heterocycles. The molecule has 0 bridgehead atoms. The maximum absolute atomic E-state index is 12.8. The minimum absolute atomic E-state index is 0.0752. The molecule has 1 saturated heterocycles. The number of methoxy groups -OCH3 is 2. The van der Waals surface area contributed by atoms with Crippen molar-refractivity contribution in [2.75, 3.05) is 31.0 Å². The van der Waals surface area contributed by atoms with Crippen LogP contribution in [0, 0.1) is 5.92 Å². The predicted molar refractivity (Wildman–Crippen MR) is 117 cm³/mol. The molecular weight excluding hydrogens is 402 g/mol. The van der Waals surface area contributed by atoms with Crippen molar-refractivity contribution < 1.29 is 19.1 Å². The van der Waals surface area contributed by atoms with Crippen LogP contribution in [0.1, 0.15) is 42.7 Å². The summed E-state index contributed by atoms with van der Waals surface area (Å²) >= 11 is 1.58. The lowest BCUT2D eigenvalue weighted by Gasteiger charge is -2.18. The van der Waals surface area contributed by atoms with Crippen LogP contribution in [0.3, 0.4) is 0 Å². The molecule has 1 N–H and O–H groups in total. The van der Waals surface area contributed by atoms with Crippen LogP contribution in [-0.2, 0) is 22.4 Å². The third-order valence-electron chi connectivity index (χ3n) is 5.75. The minimum atomic E-state index is -0.405. The zero-order valence-electron chi connectivity index (χ0n) is 17.4. The summed E-state index contributed by atoms with van der Waals surface area (Å²) in [4.78, 5) is 33.0. The summed E-state index contributed by atoms with van der Waals surface area (Å²) in [5.41, 5.74) is 1.83. The van der Waals surface area contributed by atoms with E-state index in [0.29, 0.717) is 28.9 Å². The van der Waals surface area contributed by atoms with Gasteiger partial charge in [-0.25, -0.2) is 4.98 Å². The van der Waals surface area contributed by atoms with Crippen LogP contribution in [-0.4, -0.2) is 37.6 Å². The van der Waals surface area contributed by atoms with Gasteiger partial charge in [-0.1, -0.05) is 12.8 Å². The zero-order valence-corrected chi connectivity index (χ0v) is 18.2. The first-order valence-corrected chi connectivity index (χ1v) is 11.2. The highest BCUT2D eigenvalue weighted by Crippen LogP contribution is 2.35. The molecule has 1 aliphatic heterocycles. The first-order chi connectivity index (χ1) is 14.6. The number of nitrogens with zero attached hydrogens (tertiary/aromatic N) is 2. The van der Waals surface area contributed by atoms with Gasteiger partial charge >= 0.3 is 0 Å². The summed E-state index contributed by atoms with van der Waals surface area (Å²) in [6.07, 6.45) is 7.05. The standard InChI is InChI=1S/C22H27N3O4S/c1-28-17-10-9-15(12-18(17)29-2)25-13-14(11-20(25)26)21(27)24-22-23-16-7-5-3-4-6-8-19(16)30-22/h9-10,12,14H,3-8,11,13H2,1-2H3,(H,23,24,27). The van der Waals surface area contributed by atoms with Gasteiger partial charge in [-0.3, -0.25) is 9.59 Å². The normalized spacial score (nSPS) is 19.1. The third kappa shape index (κ3) is 4.28. The van der Waals surface area contributed by atoms with Crippen molar-refractivity contribution in [1.82, 2.24) is 4.98 Å². The average Bonchev–Trinajstić information content (AvgIpc) is 3.30. The summed E-state index contributed by atoms with van der Waals surface area (Å²) in [5, 5.41) is 3.62. The minimum Gasteiger partial charge on any atom is -0.493 e. The maximum Gasteiger partial charge on any atom is 0.231 e. The molecule has 0 saturated carbocycles. The average molecular weight is 430 g/mol. The molecule has 4 rings (SSSR count). The molecule has 1 aliphatic carbocycles. The summed E-state index contributed by atoms with van der Waals surface area (Å²) < 4.78 is 10.6. The molecule has 30 heavy (non-hydrogen) atoms. The van der Waals surface area contributed by atoms with Crippen molar-refractivity contribution in [2.24, 2.45) is 5.92 Å². The van der Waals surface area contributed by atoms with Gasteiger partial charge in [0.25, 0.3) is 0 Å². The summed E-state index contributed by atoms with van der Waals surface area (Å²) in [6.45, 7) is 0.339. The molecule has 1 fully saturated rings. The lowest BCUT2D eigenvalue weighted by atomic mass is 10.0. The number of ether oxygens (including phenoxy) is 2. The van der Waals surface area contributed by atoms with E-state index >= 15 is 0 Å². The molecule has 1 aromatic carbocycles. The molecule has 1 atom stereocenters. The van der Waals surface area contributed by atoms with E-state index < -0.39 is 5.92 Å². The van der Waals surface area contributed by atoms with E-state index in [0.717, 1.165) is 25.0 Å². The first kappa shape index (κ1) is 20.7. The number of fused-ring (bicyclic) bond motifs is 1. The molecule has 1 unspecified atom stereocenters. The van der Waals surface area contributed by atoms with Gasteiger partial charge in [-0.15, -0.1) is 11.3 Å². The molecule has 0 spiro atoms. The SMILES string of the molecule is COc1ccc(N2CC(C(=O)Nc3nc4c(s3)CCCCCC4)CC2=O)cc1OC. The van der Waals surface area contributed by atoms with Crippen molar-refractivity contribution in [1.29, 1.82) is 0 Å². The van der Waals surface area contributed by atoms with E-state index in [1.807, 2.05) is 0 Å². The van der Waals surface area contributed by atoms with Gasteiger partial charge in [-0.05, 0) is 37.8 Å². The Morgan fingerprint density at radius 1 is 1.13 bits per heavy atom. The van der Waals surface area contributed by atoms with Crippen LogP contribution >= 0.6 is 11.3 Å². The number of aromatic nitrogens is 1. The number of nitrogens with one attached hydrogen (secondary N) is 1. The van der Waals surface area contributed by atoms with E-state index in [2.05, 4.69) is 10.3 Å². The quantitative estimate of drug-likeness (QED) is 0.782. The Morgan fingerprint density at radius 3 is 2.67 bits per heavy atom. The molecule has 160 valence electrons. The number of aryl methyl sites for hydroxylation is 2. The van der Waals surface area contributed by atoms with Gasteiger partial charge < -0.3 is 19.7 Å². The number of thiazole rings is 1. The second-order valence-corrected chi connectivity index (χ2v) is 8.82. The van der Waals surface area contributed by atoms with Gasteiger partial charge in [0.2, 0.25) is 11.8 Å². The molecule has 8 heteroatoms. The van der Waals surface area contributed by atoms with E-state index in [9.17, 15) is 9.59 Å². The third-order valence-corrected chi connectivity index (χ3v) is 6.82. The van der Waals surface area contributed by atoms with Crippen LogP contribution in [0.15, 0.2) is 18.2 Å². The topological polar surface area (TPSA) is 80.8 Å². The lowest BCUT2D eigenvalue weighted by Crippen LogP contribution is -2.28. The van der Waals surface area contributed by atoms with E-state index in [-0.39, 0.29) is 18.2 Å². The first-order valence-electron chi connectivity index (χ1n) is 10.4. The Labute approximate surface area is 180 Å². The number of benzene rings is 1. The Morgan fingerprint density at radius 2 is 1.90 bits per heavy atom. The number of carbonyl (C=O) groups is 2. The molecule has 2 heterocycles. The lowest BCUT2D eigenvalue weighted by molar-refractivity contribution is -0.122. The molecule has 2 aromatic rings. The van der Waals surface area contributed by atoms with Crippen molar-refractivity contribution in [2.45, 2.75) is 44.9 Å². The van der Waals surface area contributed by atoms with Crippen LogP contribution in [0.2, 0.25) is 0 Å². The zero-order chi connectivity index (χ0) is 21.1. The summed E-state index contributed by atoms with van der Waals surface area (Å²) in [5.74, 6) is 0.524. The monoisotopic (exact) mass is 429 g/mol. The van der Waals surface area contributed by atoms with Crippen LogP contribution in [0.5, 0.6) is 11.5 Å². The largest absolute Gasteiger partial charge is 0.493 e. The van der Waals surface area contributed by atoms with Crippen molar-refractivity contribution in [3.63, 3.8) is 0 Å². The van der Waals surface area contributed by atoms with E-state index in [1.54, 1.807) is 48.7 Å². The van der Waals surface area contributed by atoms with Crippen molar-refractivity contribution in [3.05, 3.63) is 28.8 Å². The Kier molecular flexibility index (Phi) is 6.22. The highest BCUT2D eigenvalue weighted by Gasteiger charge is 2.36. The van der Waals surface area contributed by atoms with Crippen LogP contribution < -0.4 is 19.7 Å². The number of anilines is 2. The highest BCUT2D eigenvalue weighted by molar-refractivity contribution is 7.15. The highest BCUT2D eigenvalue weighted by atomic mass is 32.1. The van der Waals surface area contributed by atoms with Gasteiger partial charge in [0.1, 0.15) is 0 Å². The second-order valence-electron chi connectivity index (χ2n) is 7.74. The summed E-state index contributed by atoms with van der Waals surface area (Å²) in [6, 6.07) is 5.33. The summed E-state index contributed by atoms with van der Waals surface area (Å²) in [7, 11) is 3.13. The number of hydrogen-bond donors (Lipinski definition) is 1. The van der Waals surface area contributed by atoms with Gasteiger partial charge in [0, 0.05) is 29.6 Å². The maximum atomic E-state index is 12.8. The molecular formula is C22H27N3O4S. The number of hydrogen-bond acceptors (Lipinski definition) is 6. The smallest absolute Gasteiger partial charge is 0.231 e.